The summed E-state index contributed by atoms with van der Waals surface area (Å²) in [6.07, 6.45) is 6.95. The SMILES string of the molecule is CS(=O)(=O)Nc1cccc(CC(c2ccccc2)(c2cccnc2)c2ccccn2)n1. The third-order valence-electron chi connectivity index (χ3n) is 5.07. The van der Waals surface area contributed by atoms with Gasteiger partial charge < -0.3 is 0 Å². The lowest BCUT2D eigenvalue weighted by molar-refractivity contribution is 0.581. The summed E-state index contributed by atoms with van der Waals surface area (Å²) in [5.74, 6) is 0.286. The van der Waals surface area contributed by atoms with Crippen LogP contribution in [0, 0.1) is 0 Å². The normalized spacial score (nSPS) is 13.3. The number of sulfonamides is 1. The number of rotatable bonds is 7. The van der Waals surface area contributed by atoms with E-state index in [0.717, 1.165) is 28.8 Å². The summed E-state index contributed by atoms with van der Waals surface area (Å²) in [6.45, 7) is 0. The van der Waals surface area contributed by atoms with Gasteiger partial charge in [0.25, 0.3) is 0 Å². The molecule has 0 aliphatic carbocycles. The predicted molar refractivity (Wildman–Crippen MR) is 121 cm³/mol. The molecule has 0 bridgehead atoms. The number of nitrogens with one attached hydrogen (secondary N) is 1. The molecule has 6 nitrogen and oxygen atoms in total. The summed E-state index contributed by atoms with van der Waals surface area (Å²) >= 11 is 0. The summed E-state index contributed by atoms with van der Waals surface area (Å²) in [6, 6.07) is 25.2. The van der Waals surface area contributed by atoms with E-state index in [2.05, 4.69) is 26.8 Å². The molecular formula is C24H22N4O2S. The molecule has 1 aromatic carbocycles. The first-order chi connectivity index (χ1) is 15.0. The van der Waals surface area contributed by atoms with E-state index in [4.69, 9.17) is 4.98 Å². The minimum absolute atomic E-state index is 0.286. The molecule has 1 N–H and O–H groups in total. The minimum Gasteiger partial charge on any atom is -0.268 e. The van der Waals surface area contributed by atoms with Crippen LogP contribution in [0.15, 0.2) is 97.5 Å². The van der Waals surface area contributed by atoms with Crippen molar-refractivity contribution in [2.75, 3.05) is 11.0 Å². The molecule has 31 heavy (non-hydrogen) atoms. The van der Waals surface area contributed by atoms with Crippen molar-refractivity contribution in [2.24, 2.45) is 0 Å². The molecule has 0 saturated heterocycles. The molecule has 7 heteroatoms. The fourth-order valence-electron chi connectivity index (χ4n) is 3.81. The van der Waals surface area contributed by atoms with E-state index in [1.807, 2.05) is 60.8 Å². The van der Waals surface area contributed by atoms with E-state index in [1.165, 1.54) is 0 Å². The van der Waals surface area contributed by atoms with Crippen LogP contribution in [0.1, 0.15) is 22.5 Å². The molecule has 1 unspecified atom stereocenters. The van der Waals surface area contributed by atoms with Crippen LogP contribution in [0.3, 0.4) is 0 Å². The molecule has 0 spiro atoms. The van der Waals surface area contributed by atoms with Crippen LogP contribution in [0.2, 0.25) is 0 Å². The smallest absolute Gasteiger partial charge is 0.230 e. The highest BCUT2D eigenvalue weighted by atomic mass is 32.2. The van der Waals surface area contributed by atoms with Gasteiger partial charge in [-0.05, 0) is 41.5 Å². The Morgan fingerprint density at radius 2 is 1.61 bits per heavy atom. The van der Waals surface area contributed by atoms with Crippen LogP contribution < -0.4 is 4.72 Å². The zero-order valence-corrected chi connectivity index (χ0v) is 17.8. The van der Waals surface area contributed by atoms with Gasteiger partial charge in [-0.25, -0.2) is 13.4 Å². The van der Waals surface area contributed by atoms with Crippen molar-refractivity contribution >= 4 is 15.8 Å². The largest absolute Gasteiger partial charge is 0.268 e. The Morgan fingerprint density at radius 3 is 2.29 bits per heavy atom. The topological polar surface area (TPSA) is 84.8 Å². The van der Waals surface area contributed by atoms with Gasteiger partial charge in [-0.2, -0.15) is 0 Å². The van der Waals surface area contributed by atoms with E-state index >= 15 is 0 Å². The van der Waals surface area contributed by atoms with Gasteiger partial charge in [-0.15, -0.1) is 0 Å². The summed E-state index contributed by atoms with van der Waals surface area (Å²) in [7, 11) is -3.43. The Hall–Kier alpha value is -3.58. The quantitative estimate of drug-likeness (QED) is 0.482. The van der Waals surface area contributed by atoms with Crippen molar-refractivity contribution in [3.63, 3.8) is 0 Å². The van der Waals surface area contributed by atoms with Crippen molar-refractivity contribution < 1.29 is 8.42 Å². The average molecular weight is 431 g/mol. The molecule has 0 radical (unpaired) electrons. The molecule has 0 saturated carbocycles. The van der Waals surface area contributed by atoms with Crippen molar-refractivity contribution in [1.29, 1.82) is 0 Å². The van der Waals surface area contributed by atoms with Crippen molar-refractivity contribution in [2.45, 2.75) is 11.8 Å². The Kier molecular flexibility index (Phi) is 5.77. The third kappa shape index (κ3) is 4.62. The van der Waals surface area contributed by atoms with Crippen molar-refractivity contribution in [1.82, 2.24) is 15.0 Å². The number of anilines is 1. The maximum atomic E-state index is 11.7. The van der Waals surface area contributed by atoms with Gasteiger partial charge in [0.2, 0.25) is 10.0 Å². The van der Waals surface area contributed by atoms with Crippen LogP contribution in [0.25, 0.3) is 0 Å². The van der Waals surface area contributed by atoms with E-state index in [0.29, 0.717) is 6.42 Å². The number of benzene rings is 1. The van der Waals surface area contributed by atoms with Gasteiger partial charge >= 0.3 is 0 Å². The second-order valence-corrected chi connectivity index (χ2v) is 9.04. The zero-order valence-electron chi connectivity index (χ0n) is 17.0. The van der Waals surface area contributed by atoms with Gasteiger partial charge in [0.1, 0.15) is 5.82 Å². The van der Waals surface area contributed by atoms with Crippen LogP contribution in [0.4, 0.5) is 5.82 Å². The van der Waals surface area contributed by atoms with Crippen LogP contribution >= 0.6 is 0 Å². The fourth-order valence-corrected chi connectivity index (χ4v) is 4.30. The first kappa shape index (κ1) is 20.7. The molecule has 0 fully saturated rings. The van der Waals surface area contributed by atoms with E-state index in [9.17, 15) is 8.42 Å². The monoisotopic (exact) mass is 430 g/mol. The molecule has 156 valence electrons. The average Bonchev–Trinajstić information content (AvgIpc) is 2.78. The number of aromatic nitrogens is 3. The Bertz CT molecular complexity index is 1150. The first-order valence-electron chi connectivity index (χ1n) is 9.79. The van der Waals surface area contributed by atoms with E-state index < -0.39 is 15.4 Å². The summed E-state index contributed by atoms with van der Waals surface area (Å²) in [4.78, 5) is 13.7. The van der Waals surface area contributed by atoms with Crippen molar-refractivity contribution in [3.8, 4) is 0 Å². The number of nitrogens with zero attached hydrogens (tertiary/aromatic N) is 3. The maximum absolute atomic E-state index is 11.7. The van der Waals surface area contributed by atoms with Crippen LogP contribution in [0.5, 0.6) is 0 Å². The lowest BCUT2D eigenvalue weighted by Crippen LogP contribution is -2.33. The molecular weight excluding hydrogens is 408 g/mol. The van der Waals surface area contributed by atoms with Gasteiger partial charge in [0.05, 0.1) is 17.4 Å². The number of pyridine rings is 3. The summed E-state index contributed by atoms with van der Waals surface area (Å²) in [5.41, 5.74) is 2.95. The fraction of sp³-hybridized carbons (Fsp3) is 0.125. The highest BCUT2D eigenvalue weighted by molar-refractivity contribution is 7.92. The van der Waals surface area contributed by atoms with Gasteiger partial charge in [0.15, 0.2) is 0 Å². The molecule has 3 aromatic heterocycles. The molecule has 4 aromatic rings. The Labute approximate surface area is 182 Å². The summed E-state index contributed by atoms with van der Waals surface area (Å²) in [5, 5.41) is 0. The van der Waals surface area contributed by atoms with Crippen LogP contribution in [-0.2, 0) is 21.9 Å². The Balaban J connectivity index is 1.92. The molecule has 1 atom stereocenters. The minimum atomic E-state index is -3.43. The zero-order chi connectivity index (χ0) is 21.7. The number of hydrogen-bond acceptors (Lipinski definition) is 5. The first-order valence-corrected chi connectivity index (χ1v) is 11.7. The van der Waals surface area contributed by atoms with Crippen molar-refractivity contribution in [3.05, 3.63) is 120 Å². The molecule has 0 amide bonds. The van der Waals surface area contributed by atoms with E-state index in [-0.39, 0.29) is 5.82 Å². The van der Waals surface area contributed by atoms with E-state index in [1.54, 1.807) is 24.5 Å². The second kappa shape index (κ2) is 8.65. The lowest BCUT2D eigenvalue weighted by atomic mass is 9.69. The molecule has 0 aliphatic heterocycles. The second-order valence-electron chi connectivity index (χ2n) is 7.29. The standard InChI is InChI=1S/C24H22N4O2S/c1-31(29,30)28-23-14-7-12-21(27-23)17-24(19-9-3-2-4-10-19,20-11-8-15-25-18-20)22-13-5-6-16-26-22/h2-16,18H,17H2,1H3,(H,27,28). The Morgan fingerprint density at radius 1 is 0.839 bits per heavy atom. The van der Waals surface area contributed by atoms with Gasteiger partial charge in [0, 0.05) is 30.7 Å². The number of hydrogen-bond donors (Lipinski definition) is 1. The maximum Gasteiger partial charge on any atom is 0.230 e. The molecule has 4 rings (SSSR count). The van der Waals surface area contributed by atoms with Gasteiger partial charge in [-0.1, -0.05) is 48.5 Å². The van der Waals surface area contributed by atoms with Gasteiger partial charge in [-0.3, -0.25) is 14.7 Å². The van der Waals surface area contributed by atoms with Crippen LogP contribution in [-0.4, -0.2) is 29.6 Å². The summed E-state index contributed by atoms with van der Waals surface area (Å²) < 4.78 is 25.8. The third-order valence-corrected chi connectivity index (χ3v) is 5.65. The highest BCUT2D eigenvalue weighted by Gasteiger charge is 2.38. The highest BCUT2D eigenvalue weighted by Crippen LogP contribution is 2.40. The molecule has 0 aliphatic rings. The molecule has 3 heterocycles. The lowest BCUT2D eigenvalue weighted by Gasteiger charge is -2.34. The predicted octanol–water partition coefficient (Wildman–Crippen LogP) is 3.82.